The van der Waals surface area contributed by atoms with Gasteiger partial charge in [0.1, 0.15) is 5.92 Å². The molecular formula is C16H30N2O3. The van der Waals surface area contributed by atoms with Gasteiger partial charge < -0.3 is 15.0 Å². The van der Waals surface area contributed by atoms with E-state index in [0.717, 1.165) is 32.5 Å². The van der Waals surface area contributed by atoms with Crippen molar-refractivity contribution in [2.45, 2.75) is 53.5 Å². The third-order valence-electron chi connectivity index (χ3n) is 3.95. The van der Waals surface area contributed by atoms with Gasteiger partial charge in [-0.2, -0.15) is 0 Å². The van der Waals surface area contributed by atoms with Crippen molar-refractivity contribution >= 4 is 11.9 Å². The number of esters is 1. The van der Waals surface area contributed by atoms with Crippen molar-refractivity contribution in [3.8, 4) is 0 Å². The van der Waals surface area contributed by atoms with Crippen LogP contribution in [0.2, 0.25) is 0 Å². The Morgan fingerprint density at radius 2 is 2.00 bits per heavy atom. The zero-order chi connectivity index (χ0) is 16.0. The molecule has 1 saturated heterocycles. The number of amides is 1. The summed E-state index contributed by atoms with van der Waals surface area (Å²) in [6, 6.07) is 0.130. The molecule has 1 aliphatic heterocycles. The molecule has 0 aliphatic carbocycles. The Hall–Kier alpha value is -1.10. The summed E-state index contributed by atoms with van der Waals surface area (Å²) in [5, 5.41) is 3.05. The Labute approximate surface area is 128 Å². The molecule has 1 heterocycles. The lowest BCUT2D eigenvalue weighted by atomic mass is 9.80. The molecule has 1 aliphatic rings. The number of carbonyl (C=O) groups is 2. The lowest BCUT2D eigenvalue weighted by Crippen LogP contribution is -2.52. The normalized spacial score (nSPS) is 21.7. The number of likely N-dealkylation sites (N-methyl/N-ethyl adjacent to an activating group) is 1. The van der Waals surface area contributed by atoms with Crippen LogP contribution in [0.15, 0.2) is 0 Å². The molecule has 1 N–H and O–H groups in total. The number of nitrogens with one attached hydrogen (secondary N) is 1. The molecule has 0 spiro atoms. The Balaban J connectivity index is 2.70. The second-order valence-electron chi connectivity index (χ2n) is 6.79. The highest BCUT2D eigenvalue weighted by molar-refractivity contribution is 5.98. The van der Waals surface area contributed by atoms with Crippen molar-refractivity contribution in [2.75, 3.05) is 26.2 Å². The van der Waals surface area contributed by atoms with E-state index in [4.69, 9.17) is 4.74 Å². The maximum atomic E-state index is 12.5. The lowest BCUT2D eigenvalue weighted by molar-refractivity contribution is -0.157. The van der Waals surface area contributed by atoms with Crippen molar-refractivity contribution in [3.05, 3.63) is 0 Å². The summed E-state index contributed by atoms with van der Waals surface area (Å²) in [4.78, 5) is 27.0. The summed E-state index contributed by atoms with van der Waals surface area (Å²) in [5.41, 5.74) is -0.449. The third kappa shape index (κ3) is 5.30. The topological polar surface area (TPSA) is 58.6 Å². The van der Waals surface area contributed by atoms with Crippen LogP contribution in [0, 0.1) is 11.3 Å². The first-order chi connectivity index (χ1) is 9.79. The first kappa shape index (κ1) is 18.0. The maximum Gasteiger partial charge on any atom is 0.319 e. The summed E-state index contributed by atoms with van der Waals surface area (Å²) >= 11 is 0. The van der Waals surface area contributed by atoms with Gasteiger partial charge >= 0.3 is 5.97 Å². The van der Waals surface area contributed by atoms with Crippen LogP contribution in [0.4, 0.5) is 0 Å². The SMILES string of the molecule is CCOC(=O)C(C(=O)NC1CCCN(CC)C1)C(C)(C)C. The van der Waals surface area contributed by atoms with Gasteiger partial charge in [-0.3, -0.25) is 9.59 Å². The molecule has 122 valence electrons. The average molecular weight is 298 g/mol. The summed E-state index contributed by atoms with van der Waals surface area (Å²) in [6.07, 6.45) is 2.06. The summed E-state index contributed by atoms with van der Waals surface area (Å²) in [5.74, 6) is -1.39. The molecule has 0 aromatic heterocycles. The molecule has 1 amide bonds. The van der Waals surface area contributed by atoms with Gasteiger partial charge in [0.25, 0.3) is 0 Å². The van der Waals surface area contributed by atoms with Crippen molar-refractivity contribution in [1.29, 1.82) is 0 Å². The molecule has 5 heteroatoms. The van der Waals surface area contributed by atoms with Crippen molar-refractivity contribution < 1.29 is 14.3 Å². The fourth-order valence-electron chi connectivity index (χ4n) is 2.82. The van der Waals surface area contributed by atoms with Gasteiger partial charge in [-0.25, -0.2) is 0 Å². The minimum Gasteiger partial charge on any atom is -0.465 e. The number of carbonyl (C=O) groups excluding carboxylic acids is 2. The molecule has 0 saturated carbocycles. The number of hydrogen-bond acceptors (Lipinski definition) is 4. The van der Waals surface area contributed by atoms with Gasteiger partial charge in [-0.15, -0.1) is 0 Å². The quantitative estimate of drug-likeness (QED) is 0.621. The predicted molar refractivity (Wildman–Crippen MR) is 82.9 cm³/mol. The Bertz CT molecular complexity index is 363. The maximum absolute atomic E-state index is 12.5. The first-order valence-corrected chi connectivity index (χ1v) is 7.99. The monoisotopic (exact) mass is 298 g/mol. The Morgan fingerprint density at radius 1 is 1.33 bits per heavy atom. The molecule has 1 fully saturated rings. The van der Waals surface area contributed by atoms with E-state index < -0.39 is 17.3 Å². The van der Waals surface area contributed by atoms with E-state index in [0.29, 0.717) is 6.61 Å². The zero-order valence-electron chi connectivity index (χ0n) is 14.1. The number of piperidine rings is 1. The number of rotatable bonds is 5. The van der Waals surface area contributed by atoms with Crippen molar-refractivity contribution in [2.24, 2.45) is 11.3 Å². The van der Waals surface area contributed by atoms with Gasteiger partial charge in [-0.1, -0.05) is 27.7 Å². The highest BCUT2D eigenvalue weighted by Gasteiger charge is 2.39. The van der Waals surface area contributed by atoms with E-state index in [2.05, 4.69) is 17.1 Å². The molecule has 21 heavy (non-hydrogen) atoms. The first-order valence-electron chi connectivity index (χ1n) is 7.99. The van der Waals surface area contributed by atoms with Gasteiger partial charge in [0.05, 0.1) is 6.61 Å². The molecule has 0 aromatic rings. The molecule has 1 rings (SSSR count). The molecule has 2 unspecified atom stereocenters. The number of hydrogen-bond donors (Lipinski definition) is 1. The molecule has 0 radical (unpaired) electrons. The van der Waals surface area contributed by atoms with Crippen molar-refractivity contribution in [3.63, 3.8) is 0 Å². The van der Waals surface area contributed by atoms with Crippen LogP contribution in [0.3, 0.4) is 0 Å². The van der Waals surface area contributed by atoms with Gasteiger partial charge in [0.15, 0.2) is 0 Å². The minimum absolute atomic E-state index is 0.130. The highest BCUT2D eigenvalue weighted by Crippen LogP contribution is 2.27. The van der Waals surface area contributed by atoms with Crippen LogP contribution in [-0.4, -0.2) is 49.1 Å². The van der Waals surface area contributed by atoms with Crippen LogP contribution < -0.4 is 5.32 Å². The fourth-order valence-corrected chi connectivity index (χ4v) is 2.82. The third-order valence-corrected chi connectivity index (χ3v) is 3.95. The van der Waals surface area contributed by atoms with Crippen LogP contribution in [0.1, 0.15) is 47.5 Å². The highest BCUT2D eigenvalue weighted by atomic mass is 16.5. The van der Waals surface area contributed by atoms with Crippen LogP contribution in [0.25, 0.3) is 0 Å². The molecule has 2 atom stereocenters. The minimum atomic E-state index is -0.755. The summed E-state index contributed by atoms with van der Waals surface area (Å²) in [7, 11) is 0. The molecule has 0 bridgehead atoms. The average Bonchev–Trinajstić information content (AvgIpc) is 2.37. The predicted octanol–water partition coefficient (Wildman–Crippen LogP) is 1.81. The second-order valence-corrected chi connectivity index (χ2v) is 6.79. The lowest BCUT2D eigenvalue weighted by Gasteiger charge is -2.34. The molecular weight excluding hydrogens is 268 g/mol. The van der Waals surface area contributed by atoms with E-state index in [9.17, 15) is 9.59 Å². The van der Waals surface area contributed by atoms with Gasteiger partial charge in [-0.05, 0) is 38.3 Å². The van der Waals surface area contributed by atoms with Crippen LogP contribution in [-0.2, 0) is 14.3 Å². The number of ether oxygens (including phenoxy) is 1. The largest absolute Gasteiger partial charge is 0.465 e. The van der Waals surface area contributed by atoms with E-state index in [1.165, 1.54) is 0 Å². The van der Waals surface area contributed by atoms with Crippen LogP contribution in [0.5, 0.6) is 0 Å². The Kier molecular flexibility index (Phi) is 6.65. The van der Waals surface area contributed by atoms with Crippen molar-refractivity contribution in [1.82, 2.24) is 10.2 Å². The summed E-state index contributed by atoms with van der Waals surface area (Å²) < 4.78 is 5.07. The van der Waals surface area contributed by atoms with E-state index >= 15 is 0 Å². The zero-order valence-corrected chi connectivity index (χ0v) is 14.1. The van der Waals surface area contributed by atoms with Crippen LogP contribution >= 0.6 is 0 Å². The second kappa shape index (κ2) is 7.78. The fraction of sp³-hybridized carbons (Fsp3) is 0.875. The van der Waals surface area contributed by atoms with E-state index in [1.807, 2.05) is 20.8 Å². The molecule has 5 nitrogen and oxygen atoms in total. The smallest absolute Gasteiger partial charge is 0.319 e. The summed E-state index contributed by atoms with van der Waals surface area (Å²) in [6.45, 7) is 12.8. The van der Waals surface area contributed by atoms with E-state index in [1.54, 1.807) is 6.92 Å². The number of nitrogens with zero attached hydrogens (tertiary/aromatic N) is 1. The Morgan fingerprint density at radius 3 is 2.52 bits per heavy atom. The standard InChI is InChI=1S/C16H30N2O3/c1-6-18-10-8-9-12(11-18)17-14(19)13(16(3,4)5)15(20)21-7-2/h12-13H,6-11H2,1-5H3,(H,17,19). The van der Waals surface area contributed by atoms with Gasteiger partial charge in [0, 0.05) is 12.6 Å². The van der Waals surface area contributed by atoms with Gasteiger partial charge in [0.2, 0.25) is 5.91 Å². The molecule has 0 aromatic carbocycles. The number of likely N-dealkylation sites (tertiary alicyclic amines) is 1. The van der Waals surface area contributed by atoms with E-state index in [-0.39, 0.29) is 11.9 Å².